The van der Waals surface area contributed by atoms with Crippen molar-refractivity contribution in [1.82, 2.24) is 5.16 Å². The Morgan fingerprint density at radius 3 is 2.39 bits per heavy atom. The Kier molecular flexibility index (Phi) is 4.26. The van der Waals surface area contributed by atoms with Crippen molar-refractivity contribution in [3.05, 3.63) is 65.5 Å². The number of aromatic nitrogens is 1. The molecule has 3 aromatic rings. The number of aliphatic hydroxyl groups is 1. The highest BCUT2D eigenvalue weighted by molar-refractivity contribution is 5.72. The third-order valence-corrected chi connectivity index (χ3v) is 3.91. The summed E-state index contributed by atoms with van der Waals surface area (Å²) in [5.41, 5.74) is 3.19. The average Bonchev–Trinajstić information content (AvgIpc) is 2.99. The van der Waals surface area contributed by atoms with Crippen LogP contribution in [0.5, 0.6) is 0 Å². The van der Waals surface area contributed by atoms with E-state index >= 15 is 0 Å². The molecule has 0 amide bonds. The van der Waals surface area contributed by atoms with E-state index in [1.54, 1.807) is 18.2 Å². The summed E-state index contributed by atoms with van der Waals surface area (Å²) in [5, 5.41) is 13.7. The van der Waals surface area contributed by atoms with Crippen LogP contribution in [-0.4, -0.2) is 10.3 Å². The Morgan fingerprint density at radius 2 is 1.78 bits per heavy atom. The lowest BCUT2D eigenvalue weighted by Crippen LogP contribution is -1.92. The average molecular weight is 311 g/mol. The molecule has 0 fully saturated rings. The van der Waals surface area contributed by atoms with Crippen LogP contribution in [0.4, 0.5) is 4.39 Å². The summed E-state index contributed by atoms with van der Waals surface area (Å²) < 4.78 is 19.4. The Balaban J connectivity index is 2.06. The summed E-state index contributed by atoms with van der Waals surface area (Å²) in [7, 11) is 0. The maximum absolute atomic E-state index is 14.0. The molecule has 23 heavy (non-hydrogen) atoms. The summed E-state index contributed by atoms with van der Waals surface area (Å²) in [6.45, 7) is 3.98. The van der Waals surface area contributed by atoms with Crippen molar-refractivity contribution in [3.8, 4) is 22.6 Å². The van der Waals surface area contributed by atoms with Crippen LogP contribution >= 0.6 is 0 Å². The van der Waals surface area contributed by atoms with Crippen molar-refractivity contribution >= 4 is 0 Å². The predicted molar refractivity (Wildman–Crippen MR) is 87.3 cm³/mol. The molecule has 0 aliphatic carbocycles. The summed E-state index contributed by atoms with van der Waals surface area (Å²) >= 11 is 0. The van der Waals surface area contributed by atoms with Gasteiger partial charge in [-0.3, -0.25) is 0 Å². The van der Waals surface area contributed by atoms with Gasteiger partial charge in [-0.25, -0.2) is 4.39 Å². The lowest BCUT2D eigenvalue weighted by Gasteiger charge is -2.06. The molecule has 0 aliphatic rings. The number of benzene rings is 2. The molecule has 3 nitrogen and oxygen atoms in total. The van der Waals surface area contributed by atoms with Gasteiger partial charge in [-0.1, -0.05) is 55.4 Å². The largest absolute Gasteiger partial charge is 0.391 e. The van der Waals surface area contributed by atoms with E-state index in [1.807, 2.05) is 24.3 Å². The first-order valence-electron chi connectivity index (χ1n) is 7.56. The van der Waals surface area contributed by atoms with E-state index in [1.165, 1.54) is 11.6 Å². The number of hydrogen-bond acceptors (Lipinski definition) is 3. The highest BCUT2D eigenvalue weighted by Gasteiger charge is 2.20. The number of hydrogen-bond donors (Lipinski definition) is 1. The van der Waals surface area contributed by atoms with Crippen LogP contribution in [0.15, 0.2) is 53.1 Å². The number of aliphatic hydroxyl groups excluding tert-OH is 1. The fourth-order valence-electron chi connectivity index (χ4n) is 2.57. The first-order chi connectivity index (χ1) is 11.1. The van der Waals surface area contributed by atoms with Crippen LogP contribution in [0.1, 0.15) is 30.9 Å². The van der Waals surface area contributed by atoms with Gasteiger partial charge in [0.15, 0.2) is 5.76 Å². The van der Waals surface area contributed by atoms with Crippen LogP contribution in [0.2, 0.25) is 0 Å². The van der Waals surface area contributed by atoms with Crippen molar-refractivity contribution < 1.29 is 14.0 Å². The van der Waals surface area contributed by atoms with Gasteiger partial charge in [-0.2, -0.15) is 0 Å². The molecule has 1 N–H and O–H groups in total. The molecule has 4 heteroatoms. The van der Waals surface area contributed by atoms with E-state index in [4.69, 9.17) is 4.52 Å². The van der Waals surface area contributed by atoms with Crippen molar-refractivity contribution in [2.45, 2.75) is 26.4 Å². The molecule has 0 saturated heterocycles. The summed E-state index contributed by atoms with van der Waals surface area (Å²) in [6, 6.07) is 14.2. The second-order valence-corrected chi connectivity index (χ2v) is 5.75. The Morgan fingerprint density at radius 1 is 1.09 bits per heavy atom. The van der Waals surface area contributed by atoms with Crippen molar-refractivity contribution in [1.29, 1.82) is 0 Å². The first kappa shape index (κ1) is 15.4. The van der Waals surface area contributed by atoms with E-state index in [9.17, 15) is 9.50 Å². The SMILES string of the molecule is CC(C)c1ccc(-c2onc(-c3ccccc3F)c2CO)cc1. The standard InChI is InChI=1S/C19H18FNO2/c1-12(2)13-7-9-14(10-8-13)19-16(11-22)18(21-23-19)15-5-3-4-6-17(15)20/h3-10,12,22H,11H2,1-2H3. The Bertz CT molecular complexity index is 806. The highest BCUT2D eigenvalue weighted by atomic mass is 19.1. The number of halogens is 1. The lowest BCUT2D eigenvalue weighted by atomic mass is 9.98. The van der Waals surface area contributed by atoms with Crippen molar-refractivity contribution in [3.63, 3.8) is 0 Å². The molecule has 118 valence electrons. The van der Waals surface area contributed by atoms with Gasteiger partial charge in [0, 0.05) is 11.1 Å². The number of rotatable bonds is 4. The van der Waals surface area contributed by atoms with Gasteiger partial charge in [0.1, 0.15) is 11.5 Å². The zero-order valence-corrected chi connectivity index (χ0v) is 13.1. The molecular formula is C19H18FNO2. The van der Waals surface area contributed by atoms with E-state index in [0.717, 1.165) is 5.56 Å². The van der Waals surface area contributed by atoms with Gasteiger partial charge in [0.05, 0.1) is 12.2 Å². The van der Waals surface area contributed by atoms with E-state index in [0.29, 0.717) is 28.5 Å². The third-order valence-electron chi connectivity index (χ3n) is 3.91. The molecule has 0 spiro atoms. The molecule has 0 radical (unpaired) electrons. The summed E-state index contributed by atoms with van der Waals surface area (Å²) in [6.07, 6.45) is 0. The zero-order valence-electron chi connectivity index (χ0n) is 13.1. The minimum Gasteiger partial charge on any atom is -0.391 e. The molecule has 0 atom stereocenters. The van der Waals surface area contributed by atoms with Gasteiger partial charge in [0.2, 0.25) is 0 Å². The predicted octanol–water partition coefficient (Wildman–Crippen LogP) is 4.76. The fraction of sp³-hybridized carbons (Fsp3) is 0.211. The van der Waals surface area contributed by atoms with Gasteiger partial charge < -0.3 is 9.63 Å². The van der Waals surface area contributed by atoms with Gasteiger partial charge in [0.25, 0.3) is 0 Å². The normalized spacial score (nSPS) is 11.2. The summed E-state index contributed by atoms with van der Waals surface area (Å²) in [5.74, 6) is 0.517. The van der Waals surface area contributed by atoms with Crippen LogP contribution in [0, 0.1) is 5.82 Å². The molecule has 0 bridgehead atoms. The maximum atomic E-state index is 14.0. The minimum absolute atomic E-state index is 0.269. The fourth-order valence-corrected chi connectivity index (χ4v) is 2.57. The molecule has 0 saturated carbocycles. The second-order valence-electron chi connectivity index (χ2n) is 5.75. The summed E-state index contributed by atoms with van der Waals surface area (Å²) in [4.78, 5) is 0. The van der Waals surface area contributed by atoms with Crippen LogP contribution in [0.3, 0.4) is 0 Å². The molecular weight excluding hydrogens is 293 g/mol. The third kappa shape index (κ3) is 2.90. The minimum atomic E-state index is -0.391. The zero-order chi connectivity index (χ0) is 16.4. The Labute approximate surface area is 134 Å². The van der Waals surface area contributed by atoms with Gasteiger partial charge in [-0.05, 0) is 23.6 Å². The van der Waals surface area contributed by atoms with E-state index in [2.05, 4.69) is 19.0 Å². The quantitative estimate of drug-likeness (QED) is 0.755. The lowest BCUT2D eigenvalue weighted by molar-refractivity contribution is 0.281. The monoisotopic (exact) mass is 311 g/mol. The van der Waals surface area contributed by atoms with Crippen LogP contribution in [-0.2, 0) is 6.61 Å². The molecule has 1 aromatic heterocycles. The topological polar surface area (TPSA) is 46.3 Å². The molecule has 2 aromatic carbocycles. The Hall–Kier alpha value is -2.46. The van der Waals surface area contributed by atoms with E-state index < -0.39 is 5.82 Å². The molecule has 3 rings (SSSR count). The molecule has 0 unspecified atom stereocenters. The van der Waals surface area contributed by atoms with Gasteiger partial charge >= 0.3 is 0 Å². The second kappa shape index (κ2) is 6.34. The first-order valence-corrected chi connectivity index (χ1v) is 7.56. The highest BCUT2D eigenvalue weighted by Crippen LogP contribution is 2.33. The number of nitrogens with zero attached hydrogens (tertiary/aromatic N) is 1. The van der Waals surface area contributed by atoms with Crippen LogP contribution in [0.25, 0.3) is 22.6 Å². The molecule has 0 aliphatic heterocycles. The smallest absolute Gasteiger partial charge is 0.173 e. The maximum Gasteiger partial charge on any atom is 0.173 e. The van der Waals surface area contributed by atoms with Crippen LogP contribution < -0.4 is 0 Å². The molecule has 1 heterocycles. The van der Waals surface area contributed by atoms with Crippen molar-refractivity contribution in [2.75, 3.05) is 0 Å². The van der Waals surface area contributed by atoms with E-state index in [-0.39, 0.29) is 6.61 Å². The van der Waals surface area contributed by atoms with Crippen molar-refractivity contribution in [2.24, 2.45) is 0 Å². The van der Waals surface area contributed by atoms with Gasteiger partial charge in [-0.15, -0.1) is 0 Å².